The van der Waals surface area contributed by atoms with Crippen LogP contribution < -0.4 is 5.32 Å². The van der Waals surface area contributed by atoms with Crippen LogP contribution in [0.5, 0.6) is 0 Å². The second-order valence-corrected chi connectivity index (χ2v) is 3.56. The Balaban J connectivity index is 1.96. The summed E-state index contributed by atoms with van der Waals surface area (Å²) in [6, 6.07) is 0. The largest absolute Gasteiger partial charge is 0.316 e. The lowest BCUT2D eigenvalue weighted by molar-refractivity contribution is 0.208. The maximum atomic E-state index is 3.49. The van der Waals surface area contributed by atoms with E-state index in [0.717, 1.165) is 11.8 Å². The summed E-state index contributed by atoms with van der Waals surface area (Å²) in [7, 11) is 0. The summed E-state index contributed by atoms with van der Waals surface area (Å²) in [4.78, 5) is 0. The molecule has 1 aliphatic carbocycles. The zero-order chi connectivity index (χ0) is 6.10. The zero-order valence-electron chi connectivity index (χ0n) is 5.90. The summed E-state index contributed by atoms with van der Waals surface area (Å²) in [6.45, 7) is 2.60. The third kappa shape index (κ3) is 1.11. The second kappa shape index (κ2) is 2.30. The fourth-order valence-electron chi connectivity index (χ4n) is 2.26. The van der Waals surface area contributed by atoms with Crippen molar-refractivity contribution in [3.63, 3.8) is 0 Å². The number of piperidine rings is 1. The minimum absolute atomic E-state index is 1.04. The minimum Gasteiger partial charge on any atom is -0.316 e. The lowest BCUT2D eigenvalue weighted by Crippen LogP contribution is -2.38. The minimum atomic E-state index is 1.04. The van der Waals surface area contributed by atoms with Crippen molar-refractivity contribution in [2.75, 3.05) is 13.1 Å². The van der Waals surface area contributed by atoms with Crippen molar-refractivity contribution in [1.82, 2.24) is 5.32 Å². The van der Waals surface area contributed by atoms with Gasteiger partial charge >= 0.3 is 0 Å². The third-order valence-electron chi connectivity index (χ3n) is 2.76. The number of fused-ring (bicyclic) bond motifs is 2. The van der Waals surface area contributed by atoms with E-state index in [2.05, 4.69) is 5.32 Å². The first kappa shape index (κ1) is 5.72. The van der Waals surface area contributed by atoms with Gasteiger partial charge in [-0.05, 0) is 44.2 Å². The molecular formula is C8H15N. The smallest absolute Gasteiger partial charge is 0.00203 e. The molecular weight excluding hydrogens is 110 g/mol. The lowest BCUT2D eigenvalue weighted by Gasteiger charge is -2.34. The monoisotopic (exact) mass is 125 g/mol. The molecule has 52 valence electrons. The molecule has 2 bridgehead atoms. The van der Waals surface area contributed by atoms with E-state index in [1.165, 1.54) is 38.8 Å². The van der Waals surface area contributed by atoms with Crippen molar-refractivity contribution in [3.05, 3.63) is 0 Å². The molecule has 1 heteroatoms. The molecule has 2 atom stereocenters. The quantitative estimate of drug-likeness (QED) is 0.516. The molecule has 2 aliphatic rings. The second-order valence-electron chi connectivity index (χ2n) is 3.56. The molecule has 0 unspecified atom stereocenters. The van der Waals surface area contributed by atoms with Crippen molar-refractivity contribution in [2.24, 2.45) is 11.8 Å². The normalized spacial score (nSPS) is 42.7. The van der Waals surface area contributed by atoms with E-state index in [0.29, 0.717) is 0 Å². The summed E-state index contributed by atoms with van der Waals surface area (Å²) in [5.41, 5.74) is 0. The highest BCUT2D eigenvalue weighted by Crippen LogP contribution is 2.30. The highest BCUT2D eigenvalue weighted by molar-refractivity contribution is 4.80. The van der Waals surface area contributed by atoms with Crippen LogP contribution in [0.3, 0.4) is 0 Å². The van der Waals surface area contributed by atoms with Crippen LogP contribution in [-0.2, 0) is 0 Å². The van der Waals surface area contributed by atoms with E-state index in [9.17, 15) is 0 Å². The Morgan fingerprint density at radius 3 is 2.22 bits per heavy atom. The summed E-state index contributed by atoms with van der Waals surface area (Å²) < 4.78 is 0. The van der Waals surface area contributed by atoms with Crippen molar-refractivity contribution < 1.29 is 0 Å². The van der Waals surface area contributed by atoms with Gasteiger partial charge in [-0.25, -0.2) is 0 Å². The first-order chi connectivity index (χ1) is 4.45. The van der Waals surface area contributed by atoms with E-state index in [1.807, 2.05) is 0 Å². The number of hydrogen-bond donors (Lipinski definition) is 1. The predicted molar refractivity (Wildman–Crippen MR) is 38.3 cm³/mol. The van der Waals surface area contributed by atoms with Crippen LogP contribution >= 0.6 is 0 Å². The molecule has 1 heterocycles. The fraction of sp³-hybridized carbons (Fsp3) is 1.00. The first-order valence-corrected chi connectivity index (χ1v) is 4.16. The molecule has 0 aromatic rings. The Morgan fingerprint density at radius 1 is 1.00 bits per heavy atom. The van der Waals surface area contributed by atoms with Gasteiger partial charge in [0.2, 0.25) is 0 Å². The topological polar surface area (TPSA) is 12.0 Å². The summed E-state index contributed by atoms with van der Waals surface area (Å²) in [5, 5.41) is 3.49. The van der Waals surface area contributed by atoms with E-state index in [1.54, 1.807) is 0 Å². The van der Waals surface area contributed by atoms with Gasteiger partial charge in [0.25, 0.3) is 0 Å². The van der Waals surface area contributed by atoms with Gasteiger partial charge in [-0.3, -0.25) is 0 Å². The van der Waals surface area contributed by atoms with Crippen LogP contribution in [0.2, 0.25) is 0 Å². The highest BCUT2D eigenvalue weighted by atomic mass is 14.9. The van der Waals surface area contributed by atoms with E-state index >= 15 is 0 Å². The Labute approximate surface area is 56.8 Å². The summed E-state index contributed by atoms with van der Waals surface area (Å²) >= 11 is 0. The van der Waals surface area contributed by atoms with Crippen LogP contribution in [0.1, 0.15) is 25.7 Å². The third-order valence-corrected chi connectivity index (χ3v) is 2.76. The van der Waals surface area contributed by atoms with Gasteiger partial charge in [0.1, 0.15) is 0 Å². The molecule has 0 radical (unpaired) electrons. The van der Waals surface area contributed by atoms with Gasteiger partial charge < -0.3 is 5.32 Å². The maximum Gasteiger partial charge on any atom is -0.00203 e. The van der Waals surface area contributed by atoms with Crippen molar-refractivity contribution in [2.45, 2.75) is 25.7 Å². The van der Waals surface area contributed by atoms with Gasteiger partial charge in [0, 0.05) is 0 Å². The Hall–Kier alpha value is -0.0400. The van der Waals surface area contributed by atoms with Crippen LogP contribution in [0.25, 0.3) is 0 Å². The molecule has 1 saturated carbocycles. The molecule has 1 saturated heterocycles. The van der Waals surface area contributed by atoms with E-state index < -0.39 is 0 Å². The van der Waals surface area contributed by atoms with E-state index in [-0.39, 0.29) is 0 Å². The lowest BCUT2D eigenvalue weighted by atomic mass is 9.79. The molecule has 0 amide bonds. The number of hydrogen-bond acceptors (Lipinski definition) is 1. The summed E-state index contributed by atoms with van der Waals surface area (Å²) in [6.07, 6.45) is 6.00. The molecule has 2 rings (SSSR count). The van der Waals surface area contributed by atoms with Gasteiger partial charge in [-0.1, -0.05) is 6.42 Å². The molecule has 1 nitrogen and oxygen atoms in total. The highest BCUT2D eigenvalue weighted by Gasteiger charge is 2.24. The average molecular weight is 125 g/mol. The van der Waals surface area contributed by atoms with E-state index in [4.69, 9.17) is 0 Å². The molecule has 1 aliphatic heterocycles. The fourth-order valence-corrected chi connectivity index (χ4v) is 2.26. The molecule has 0 spiro atoms. The standard InChI is InChI=1S/C8H15N/c1-2-7-4-8(3-1)6-9-5-7/h7-9H,1-6H2/t7-,8-/m1/s1. The molecule has 0 aromatic carbocycles. The van der Waals surface area contributed by atoms with Gasteiger partial charge in [0.15, 0.2) is 0 Å². The Morgan fingerprint density at radius 2 is 1.67 bits per heavy atom. The Bertz CT molecular complexity index is 80.7. The van der Waals surface area contributed by atoms with Crippen LogP contribution in [0.4, 0.5) is 0 Å². The Kier molecular flexibility index (Phi) is 1.46. The maximum absolute atomic E-state index is 3.49. The van der Waals surface area contributed by atoms with Crippen molar-refractivity contribution in [1.29, 1.82) is 0 Å². The van der Waals surface area contributed by atoms with Gasteiger partial charge in [-0.2, -0.15) is 0 Å². The molecule has 2 fully saturated rings. The van der Waals surface area contributed by atoms with Crippen molar-refractivity contribution in [3.8, 4) is 0 Å². The predicted octanol–water partition coefficient (Wildman–Crippen LogP) is 1.40. The van der Waals surface area contributed by atoms with Crippen LogP contribution in [0, 0.1) is 11.8 Å². The molecule has 1 N–H and O–H groups in total. The van der Waals surface area contributed by atoms with Gasteiger partial charge in [0.05, 0.1) is 0 Å². The molecule has 0 aromatic heterocycles. The van der Waals surface area contributed by atoms with Gasteiger partial charge in [-0.15, -0.1) is 0 Å². The van der Waals surface area contributed by atoms with Crippen molar-refractivity contribution >= 4 is 0 Å². The first-order valence-electron chi connectivity index (χ1n) is 4.16. The SMILES string of the molecule is C1C[C@H]2CNC[C@H](C1)C2. The summed E-state index contributed by atoms with van der Waals surface area (Å²) in [5.74, 6) is 2.08. The van der Waals surface area contributed by atoms with Crippen LogP contribution in [-0.4, -0.2) is 13.1 Å². The molecule has 9 heavy (non-hydrogen) atoms. The van der Waals surface area contributed by atoms with Crippen LogP contribution in [0.15, 0.2) is 0 Å². The number of nitrogens with one attached hydrogen (secondary N) is 1. The zero-order valence-corrected chi connectivity index (χ0v) is 5.90. The average Bonchev–Trinajstić information content (AvgIpc) is 1.88. The number of rotatable bonds is 0.